The zero-order valence-corrected chi connectivity index (χ0v) is 11.4. The van der Waals surface area contributed by atoms with Gasteiger partial charge in [0.15, 0.2) is 5.78 Å². The lowest BCUT2D eigenvalue weighted by atomic mass is 10.0. The quantitative estimate of drug-likeness (QED) is 0.672. The van der Waals surface area contributed by atoms with Gasteiger partial charge in [-0.25, -0.2) is 4.79 Å². The lowest BCUT2D eigenvalue weighted by molar-refractivity contribution is -0.131. The molecule has 0 spiro atoms. The molecule has 4 heteroatoms. The summed E-state index contributed by atoms with van der Waals surface area (Å²) in [5.74, 6) is -0.162. The van der Waals surface area contributed by atoms with Gasteiger partial charge in [0.25, 0.3) is 0 Å². The van der Waals surface area contributed by atoms with Crippen LogP contribution in [0.5, 0.6) is 11.5 Å². The minimum absolute atomic E-state index is 0.346. The number of ether oxygens (including phenoxy) is 1. The smallest absolute Gasteiger partial charge is 0.328 e. The second kappa shape index (κ2) is 6.52. The predicted molar refractivity (Wildman–Crippen MR) is 78.8 cm³/mol. The van der Waals surface area contributed by atoms with Gasteiger partial charge in [0.2, 0.25) is 0 Å². The summed E-state index contributed by atoms with van der Waals surface area (Å²) in [6.07, 6.45) is 1.87. The first-order valence-electron chi connectivity index (χ1n) is 6.35. The topological polar surface area (TPSA) is 63.6 Å². The maximum atomic E-state index is 11.8. The van der Waals surface area contributed by atoms with Crippen LogP contribution in [-0.4, -0.2) is 16.9 Å². The lowest BCUT2D eigenvalue weighted by Gasteiger charge is -2.08. The molecule has 0 radical (unpaired) electrons. The van der Waals surface area contributed by atoms with E-state index < -0.39 is 5.97 Å². The van der Waals surface area contributed by atoms with Crippen LogP contribution in [0, 0.1) is 6.92 Å². The Morgan fingerprint density at radius 2 is 1.71 bits per heavy atom. The number of carboxylic acid groups (broad SMARTS) is 1. The van der Waals surface area contributed by atoms with E-state index in [9.17, 15) is 9.59 Å². The van der Waals surface area contributed by atoms with Crippen LogP contribution in [0.25, 0.3) is 0 Å². The second-order valence-corrected chi connectivity index (χ2v) is 4.43. The summed E-state index contributed by atoms with van der Waals surface area (Å²) in [6.45, 7) is 1.78. The van der Waals surface area contributed by atoms with Gasteiger partial charge in [-0.3, -0.25) is 4.79 Å². The fourth-order valence-electron chi connectivity index (χ4n) is 1.84. The van der Waals surface area contributed by atoms with Crippen LogP contribution >= 0.6 is 0 Å². The van der Waals surface area contributed by atoms with E-state index in [-0.39, 0.29) is 5.78 Å². The van der Waals surface area contributed by atoms with Gasteiger partial charge in [-0.2, -0.15) is 0 Å². The molecule has 0 heterocycles. The standard InChI is InChI=1S/C17H14O4/c1-12-11-14(21-13-5-3-2-4-6-13)7-8-15(12)16(18)9-10-17(19)20/h2-11H,1H3,(H,19,20)/b10-9+. The van der Waals surface area contributed by atoms with Crippen molar-refractivity contribution < 1.29 is 19.4 Å². The fourth-order valence-corrected chi connectivity index (χ4v) is 1.84. The molecule has 0 fully saturated rings. The number of aliphatic carboxylic acids is 1. The summed E-state index contributed by atoms with van der Waals surface area (Å²) >= 11 is 0. The van der Waals surface area contributed by atoms with Gasteiger partial charge in [0.05, 0.1) is 0 Å². The molecular formula is C17H14O4. The number of aryl methyl sites for hydroxylation is 1. The van der Waals surface area contributed by atoms with Crippen LogP contribution in [0.1, 0.15) is 15.9 Å². The number of benzene rings is 2. The van der Waals surface area contributed by atoms with Gasteiger partial charge in [0, 0.05) is 11.6 Å². The number of ketones is 1. The summed E-state index contributed by atoms with van der Waals surface area (Å²) in [5, 5.41) is 8.53. The number of carboxylic acids is 1. The Morgan fingerprint density at radius 1 is 1.00 bits per heavy atom. The number of allylic oxidation sites excluding steroid dienone is 1. The van der Waals surface area contributed by atoms with Crippen molar-refractivity contribution in [3.8, 4) is 11.5 Å². The minimum atomic E-state index is -1.15. The average molecular weight is 282 g/mol. The number of hydrogen-bond acceptors (Lipinski definition) is 3. The molecule has 2 rings (SSSR count). The molecule has 4 nitrogen and oxygen atoms in total. The Bertz CT molecular complexity index is 687. The normalized spacial score (nSPS) is 10.5. The molecule has 106 valence electrons. The molecule has 2 aromatic rings. The summed E-state index contributed by atoms with van der Waals surface area (Å²) in [5.41, 5.74) is 1.18. The predicted octanol–water partition coefficient (Wildman–Crippen LogP) is 3.61. The summed E-state index contributed by atoms with van der Waals surface area (Å²) in [4.78, 5) is 22.3. The highest BCUT2D eigenvalue weighted by molar-refractivity contribution is 6.07. The van der Waals surface area contributed by atoms with E-state index in [1.165, 1.54) is 0 Å². The van der Waals surface area contributed by atoms with Gasteiger partial charge in [-0.15, -0.1) is 0 Å². The highest BCUT2D eigenvalue weighted by atomic mass is 16.5. The fraction of sp³-hybridized carbons (Fsp3) is 0.0588. The van der Waals surface area contributed by atoms with Gasteiger partial charge >= 0.3 is 5.97 Å². The molecule has 1 N–H and O–H groups in total. The molecule has 0 saturated heterocycles. The first-order chi connectivity index (χ1) is 10.1. The Labute approximate surface area is 122 Å². The van der Waals surface area contributed by atoms with Crippen LogP contribution in [0.2, 0.25) is 0 Å². The van der Waals surface area contributed by atoms with E-state index in [2.05, 4.69) is 0 Å². The highest BCUT2D eigenvalue weighted by Gasteiger charge is 2.08. The van der Waals surface area contributed by atoms with Crippen LogP contribution < -0.4 is 4.74 Å². The van der Waals surface area contributed by atoms with Crippen molar-refractivity contribution in [2.24, 2.45) is 0 Å². The third-order valence-corrected chi connectivity index (χ3v) is 2.82. The molecular weight excluding hydrogens is 268 g/mol. The first-order valence-corrected chi connectivity index (χ1v) is 6.35. The first kappa shape index (κ1) is 14.5. The Morgan fingerprint density at radius 3 is 2.33 bits per heavy atom. The van der Waals surface area contributed by atoms with Crippen molar-refractivity contribution in [2.75, 3.05) is 0 Å². The molecule has 0 aliphatic rings. The number of carbonyl (C=O) groups excluding carboxylic acids is 1. The zero-order chi connectivity index (χ0) is 15.2. The van der Waals surface area contributed by atoms with Crippen molar-refractivity contribution in [3.63, 3.8) is 0 Å². The molecule has 0 unspecified atom stereocenters. The zero-order valence-electron chi connectivity index (χ0n) is 11.4. The largest absolute Gasteiger partial charge is 0.478 e. The number of carbonyl (C=O) groups is 2. The summed E-state index contributed by atoms with van der Waals surface area (Å²) in [6, 6.07) is 14.4. The third kappa shape index (κ3) is 4.04. The SMILES string of the molecule is Cc1cc(Oc2ccccc2)ccc1C(=O)/C=C/C(=O)O. The highest BCUT2D eigenvalue weighted by Crippen LogP contribution is 2.23. The van der Waals surface area contributed by atoms with Crippen molar-refractivity contribution in [1.82, 2.24) is 0 Å². The Hall–Kier alpha value is -2.88. The molecule has 0 bridgehead atoms. The Balaban J connectivity index is 2.18. The van der Waals surface area contributed by atoms with Crippen LogP contribution in [0.4, 0.5) is 0 Å². The second-order valence-electron chi connectivity index (χ2n) is 4.43. The van der Waals surface area contributed by atoms with Gasteiger partial charge in [-0.05, 0) is 48.9 Å². The van der Waals surface area contributed by atoms with E-state index in [0.717, 1.165) is 17.7 Å². The molecule has 0 aliphatic carbocycles. The van der Waals surface area contributed by atoms with Crippen LogP contribution in [-0.2, 0) is 4.79 Å². The maximum absolute atomic E-state index is 11.8. The van der Waals surface area contributed by atoms with E-state index in [1.807, 2.05) is 30.3 Å². The summed E-state index contributed by atoms with van der Waals surface area (Å²) in [7, 11) is 0. The van der Waals surface area contributed by atoms with E-state index >= 15 is 0 Å². The van der Waals surface area contributed by atoms with Crippen molar-refractivity contribution in [2.45, 2.75) is 6.92 Å². The van der Waals surface area contributed by atoms with Gasteiger partial charge in [-0.1, -0.05) is 18.2 Å². The summed E-state index contributed by atoms with van der Waals surface area (Å²) < 4.78 is 5.67. The molecule has 0 atom stereocenters. The molecule has 0 amide bonds. The lowest BCUT2D eigenvalue weighted by Crippen LogP contribution is -2.00. The molecule has 2 aromatic carbocycles. The van der Waals surface area contributed by atoms with Gasteiger partial charge in [0.1, 0.15) is 11.5 Å². The molecule has 0 aliphatic heterocycles. The third-order valence-electron chi connectivity index (χ3n) is 2.82. The number of hydrogen-bond donors (Lipinski definition) is 1. The Kier molecular flexibility index (Phi) is 4.51. The van der Waals surface area contributed by atoms with Crippen LogP contribution in [0.15, 0.2) is 60.7 Å². The van der Waals surface area contributed by atoms with E-state index in [0.29, 0.717) is 17.1 Å². The number of para-hydroxylation sites is 1. The molecule has 0 aromatic heterocycles. The molecule has 21 heavy (non-hydrogen) atoms. The van der Waals surface area contributed by atoms with Crippen molar-refractivity contribution in [1.29, 1.82) is 0 Å². The average Bonchev–Trinajstić information content (AvgIpc) is 2.46. The van der Waals surface area contributed by atoms with Crippen LogP contribution in [0.3, 0.4) is 0 Å². The molecule has 0 saturated carbocycles. The number of rotatable bonds is 5. The van der Waals surface area contributed by atoms with E-state index in [4.69, 9.17) is 9.84 Å². The van der Waals surface area contributed by atoms with Crippen molar-refractivity contribution in [3.05, 3.63) is 71.8 Å². The minimum Gasteiger partial charge on any atom is -0.478 e. The maximum Gasteiger partial charge on any atom is 0.328 e. The van der Waals surface area contributed by atoms with Gasteiger partial charge < -0.3 is 9.84 Å². The van der Waals surface area contributed by atoms with Crippen molar-refractivity contribution >= 4 is 11.8 Å². The monoisotopic (exact) mass is 282 g/mol. The van der Waals surface area contributed by atoms with E-state index in [1.54, 1.807) is 25.1 Å².